The molecule has 0 amide bonds. The molecule has 0 aromatic heterocycles. The summed E-state index contributed by atoms with van der Waals surface area (Å²) in [7, 11) is 0. The number of ketones is 1. The molecular weight excluding hydrogens is 144 g/mol. The molecule has 1 saturated heterocycles. The summed E-state index contributed by atoms with van der Waals surface area (Å²) in [4.78, 5) is 11.0. The van der Waals surface area contributed by atoms with Gasteiger partial charge in [0.15, 0.2) is 0 Å². The molecule has 0 unspecified atom stereocenters. The van der Waals surface area contributed by atoms with Crippen LogP contribution in [0.15, 0.2) is 0 Å². The predicted molar refractivity (Wildman–Crippen MR) is 45.3 cm³/mol. The Labute approximate surface area is 66.6 Å². The molecule has 1 aliphatic rings. The first kappa shape index (κ1) is 8.12. The highest BCUT2D eigenvalue weighted by atomic mass is 32.2. The number of hydrogen-bond acceptors (Lipinski definition) is 2. The van der Waals surface area contributed by atoms with E-state index >= 15 is 0 Å². The zero-order valence-electron chi connectivity index (χ0n) is 6.59. The van der Waals surface area contributed by atoms with E-state index in [1.54, 1.807) is 0 Å². The molecule has 1 atom stereocenters. The third kappa shape index (κ3) is 2.01. The highest BCUT2D eigenvalue weighted by Gasteiger charge is 2.21. The fourth-order valence-corrected chi connectivity index (χ4v) is 2.47. The first-order chi connectivity index (χ1) is 4.70. The van der Waals surface area contributed by atoms with Gasteiger partial charge < -0.3 is 0 Å². The lowest BCUT2D eigenvalue weighted by Crippen LogP contribution is -2.22. The Kier molecular flexibility index (Phi) is 2.78. The number of hydrogen-bond donors (Lipinski definition) is 0. The van der Waals surface area contributed by atoms with Gasteiger partial charge >= 0.3 is 0 Å². The number of carbonyl (C=O) groups excluding carboxylic acids is 1. The molecule has 1 fully saturated rings. The molecule has 0 aliphatic carbocycles. The summed E-state index contributed by atoms with van der Waals surface area (Å²) in [5.41, 5.74) is 0. The third-order valence-electron chi connectivity index (χ3n) is 1.89. The SMILES string of the molecule is CC(C)[C@@H]1CC(=O)CCS1. The lowest BCUT2D eigenvalue weighted by atomic mass is 10.0. The van der Waals surface area contributed by atoms with Crippen molar-refractivity contribution in [1.82, 2.24) is 0 Å². The number of Topliss-reactive ketones (excluding diaryl/α,β-unsaturated/α-hetero) is 1. The van der Waals surface area contributed by atoms with E-state index in [2.05, 4.69) is 13.8 Å². The van der Waals surface area contributed by atoms with Crippen LogP contribution in [0, 0.1) is 5.92 Å². The summed E-state index contributed by atoms with van der Waals surface area (Å²) in [5, 5.41) is 0.598. The van der Waals surface area contributed by atoms with Crippen molar-refractivity contribution in [2.75, 3.05) is 5.75 Å². The van der Waals surface area contributed by atoms with Crippen molar-refractivity contribution in [3.8, 4) is 0 Å². The minimum atomic E-state index is 0.456. The van der Waals surface area contributed by atoms with Gasteiger partial charge in [0.25, 0.3) is 0 Å². The molecule has 1 aliphatic heterocycles. The first-order valence-electron chi connectivity index (χ1n) is 3.83. The zero-order chi connectivity index (χ0) is 7.56. The van der Waals surface area contributed by atoms with Crippen molar-refractivity contribution in [1.29, 1.82) is 0 Å². The summed E-state index contributed by atoms with van der Waals surface area (Å²) in [6.45, 7) is 4.38. The van der Waals surface area contributed by atoms with E-state index in [9.17, 15) is 4.79 Å². The fraction of sp³-hybridized carbons (Fsp3) is 0.875. The molecule has 0 aromatic carbocycles. The van der Waals surface area contributed by atoms with Crippen LogP contribution >= 0.6 is 11.8 Å². The largest absolute Gasteiger partial charge is 0.300 e. The molecule has 10 heavy (non-hydrogen) atoms. The highest BCUT2D eigenvalue weighted by Crippen LogP contribution is 2.28. The topological polar surface area (TPSA) is 17.1 Å². The Morgan fingerprint density at radius 1 is 1.60 bits per heavy atom. The lowest BCUT2D eigenvalue weighted by Gasteiger charge is -2.23. The molecule has 0 bridgehead atoms. The van der Waals surface area contributed by atoms with Crippen molar-refractivity contribution in [3.63, 3.8) is 0 Å². The van der Waals surface area contributed by atoms with Crippen LogP contribution in [0.3, 0.4) is 0 Å². The van der Waals surface area contributed by atoms with Crippen LogP contribution in [0.4, 0.5) is 0 Å². The van der Waals surface area contributed by atoms with E-state index in [1.807, 2.05) is 11.8 Å². The van der Waals surface area contributed by atoms with E-state index in [1.165, 1.54) is 0 Å². The van der Waals surface area contributed by atoms with Gasteiger partial charge in [-0.05, 0) is 5.92 Å². The Bertz CT molecular complexity index is 131. The normalized spacial score (nSPS) is 27.5. The Morgan fingerprint density at radius 3 is 2.70 bits per heavy atom. The van der Waals surface area contributed by atoms with Crippen LogP contribution in [0.25, 0.3) is 0 Å². The minimum absolute atomic E-state index is 0.456. The van der Waals surface area contributed by atoms with Crippen LogP contribution in [0.2, 0.25) is 0 Å². The van der Waals surface area contributed by atoms with Gasteiger partial charge in [-0.2, -0.15) is 11.8 Å². The van der Waals surface area contributed by atoms with Crippen molar-refractivity contribution >= 4 is 17.5 Å². The molecular formula is C8H14OS. The van der Waals surface area contributed by atoms with Gasteiger partial charge in [0, 0.05) is 23.8 Å². The van der Waals surface area contributed by atoms with Crippen LogP contribution in [-0.2, 0) is 4.79 Å². The van der Waals surface area contributed by atoms with Gasteiger partial charge in [-0.1, -0.05) is 13.8 Å². The third-order valence-corrected chi connectivity index (χ3v) is 3.46. The summed E-state index contributed by atoms with van der Waals surface area (Å²) in [6.07, 6.45) is 1.61. The molecule has 0 saturated carbocycles. The Balaban J connectivity index is 2.39. The van der Waals surface area contributed by atoms with E-state index in [0.29, 0.717) is 17.0 Å². The molecule has 1 nitrogen and oxygen atoms in total. The maximum Gasteiger partial charge on any atom is 0.134 e. The number of rotatable bonds is 1. The Hall–Kier alpha value is 0.0200. The van der Waals surface area contributed by atoms with Crippen molar-refractivity contribution in [3.05, 3.63) is 0 Å². The second-order valence-electron chi connectivity index (χ2n) is 3.15. The average molecular weight is 158 g/mol. The second-order valence-corrected chi connectivity index (χ2v) is 4.49. The first-order valence-corrected chi connectivity index (χ1v) is 4.88. The van der Waals surface area contributed by atoms with Gasteiger partial charge in [-0.15, -0.1) is 0 Å². The quantitative estimate of drug-likeness (QED) is 0.581. The van der Waals surface area contributed by atoms with Crippen molar-refractivity contribution < 1.29 is 4.79 Å². The van der Waals surface area contributed by atoms with E-state index in [-0.39, 0.29) is 0 Å². The average Bonchev–Trinajstić information content (AvgIpc) is 1.88. The molecule has 0 spiro atoms. The Morgan fingerprint density at radius 2 is 2.30 bits per heavy atom. The standard InChI is InChI=1S/C8H14OS/c1-6(2)8-5-7(9)3-4-10-8/h6,8H,3-5H2,1-2H3/t8-/m0/s1. The monoisotopic (exact) mass is 158 g/mol. The van der Waals surface area contributed by atoms with Crippen LogP contribution in [0.1, 0.15) is 26.7 Å². The van der Waals surface area contributed by atoms with Gasteiger partial charge in [0.1, 0.15) is 5.78 Å². The van der Waals surface area contributed by atoms with E-state index < -0.39 is 0 Å². The van der Waals surface area contributed by atoms with Gasteiger partial charge in [0.2, 0.25) is 0 Å². The molecule has 2 heteroatoms. The molecule has 0 N–H and O–H groups in total. The van der Waals surface area contributed by atoms with Crippen LogP contribution in [-0.4, -0.2) is 16.8 Å². The fourth-order valence-electron chi connectivity index (χ4n) is 1.14. The molecule has 58 valence electrons. The smallest absolute Gasteiger partial charge is 0.134 e. The maximum absolute atomic E-state index is 11.0. The summed E-state index contributed by atoms with van der Waals surface area (Å²) in [6, 6.07) is 0. The molecule has 0 radical (unpaired) electrons. The van der Waals surface area contributed by atoms with Crippen molar-refractivity contribution in [2.24, 2.45) is 5.92 Å². The summed E-state index contributed by atoms with van der Waals surface area (Å²) >= 11 is 1.95. The van der Waals surface area contributed by atoms with Crippen molar-refractivity contribution in [2.45, 2.75) is 31.9 Å². The lowest BCUT2D eigenvalue weighted by molar-refractivity contribution is -0.119. The minimum Gasteiger partial charge on any atom is -0.300 e. The predicted octanol–water partition coefficient (Wildman–Crippen LogP) is 2.11. The molecule has 1 heterocycles. The van der Waals surface area contributed by atoms with Crippen LogP contribution < -0.4 is 0 Å². The highest BCUT2D eigenvalue weighted by molar-refractivity contribution is 8.00. The second kappa shape index (κ2) is 3.42. The molecule has 0 aromatic rings. The van der Waals surface area contributed by atoms with E-state index in [0.717, 1.165) is 18.6 Å². The number of thioether (sulfide) groups is 1. The van der Waals surface area contributed by atoms with E-state index in [4.69, 9.17) is 0 Å². The summed E-state index contributed by atoms with van der Waals surface area (Å²) in [5.74, 6) is 2.16. The van der Waals surface area contributed by atoms with Gasteiger partial charge in [0.05, 0.1) is 0 Å². The molecule has 1 rings (SSSR count). The van der Waals surface area contributed by atoms with Gasteiger partial charge in [-0.3, -0.25) is 4.79 Å². The summed E-state index contributed by atoms with van der Waals surface area (Å²) < 4.78 is 0. The zero-order valence-corrected chi connectivity index (χ0v) is 7.41. The van der Waals surface area contributed by atoms with Gasteiger partial charge in [-0.25, -0.2) is 0 Å². The number of carbonyl (C=O) groups is 1. The van der Waals surface area contributed by atoms with Crippen LogP contribution in [0.5, 0.6) is 0 Å². The maximum atomic E-state index is 11.0.